The van der Waals surface area contributed by atoms with Crippen molar-refractivity contribution in [2.75, 3.05) is 0 Å². The van der Waals surface area contributed by atoms with E-state index in [0.717, 1.165) is 6.42 Å². The lowest BCUT2D eigenvalue weighted by Gasteiger charge is -2.25. The van der Waals surface area contributed by atoms with Gasteiger partial charge in [0.2, 0.25) is 0 Å². The number of nitrogens with one attached hydrogen (secondary N) is 1. The SMILES string of the molecule is O=C(O)C1CC=C2NC3\C=C/C=C\C=C/C3C2C1. The van der Waals surface area contributed by atoms with Gasteiger partial charge in [0.1, 0.15) is 0 Å². The van der Waals surface area contributed by atoms with Crippen LogP contribution in [0.3, 0.4) is 0 Å². The number of allylic oxidation sites excluding steroid dienone is 6. The number of carbonyl (C=O) groups is 1. The van der Waals surface area contributed by atoms with Gasteiger partial charge >= 0.3 is 5.97 Å². The Kier molecular flexibility index (Phi) is 2.82. The van der Waals surface area contributed by atoms with Crippen molar-refractivity contribution >= 4 is 5.97 Å². The van der Waals surface area contributed by atoms with Gasteiger partial charge in [-0.15, -0.1) is 0 Å². The molecule has 4 atom stereocenters. The molecule has 4 unspecified atom stereocenters. The summed E-state index contributed by atoms with van der Waals surface area (Å²) in [5.74, 6) is -0.187. The lowest BCUT2D eigenvalue weighted by Crippen LogP contribution is -2.25. The molecule has 3 nitrogen and oxygen atoms in total. The van der Waals surface area contributed by atoms with Gasteiger partial charge in [-0.3, -0.25) is 4.79 Å². The van der Waals surface area contributed by atoms with Crippen molar-refractivity contribution in [1.29, 1.82) is 0 Å². The molecule has 0 radical (unpaired) electrons. The molecule has 1 heterocycles. The van der Waals surface area contributed by atoms with E-state index in [1.54, 1.807) is 0 Å². The molecule has 0 aromatic carbocycles. The second-order valence-electron chi connectivity index (χ2n) is 5.17. The zero-order chi connectivity index (χ0) is 12.5. The monoisotopic (exact) mass is 243 g/mol. The predicted octanol–water partition coefficient (Wildman–Crippen LogP) is 2.25. The van der Waals surface area contributed by atoms with Gasteiger partial charge in [0.25, 0.3) is 0 Å². The van der Waals surface area contributed by atoms with E-state index in [0.29, 0.717) is 24.3 Å². The van der Waals surface area contributed by atoms with Crippen LogP contribution in [0.15, 0.2) is 48.2 Å². The first-order chi connectivity index (χ1) is 8.75. The van der Waals surface area contributed by atoms with Crippen LogP contribution in [0.2, 0.25) is 0 Å². The molecule has 2 aliphatic carbocycles. The van der Waals surface area contributed by atoms with E-state index in [1.165, 1.54) is 5.70 Å². The van der Waals surface area contributed by atoms with Gasteiger partial charge in [0, 0.05) is 17.5 Å². The summed E-state index contributed by atoms with van der Waals surface area (Å²) < 4.78 is 0. The first-order valence-corrected chi connectivity index (χ1v) is 6.47. The van der Waals surface area contributed by atoms with Crippen molar-refractivity contribution in [2.24, 2.45) is 17.8 Å². The number of hydrogen-bond acceptors (Lipinski definition) is 2. The predicted molar refractivity (Wildman–Crippen MR) is 69.8 cm³/mol. The van der Waals surface area contributed by atoms with E-state index in [-0.39, 0.29) is 5.92 Å². The van der Waals surface area contributed by atoms with Gasteiger partial charge in [0.05, 0.1) is 12.0 Å². The van der Waals surface area contributed by atoms with Crippen LogP contribution < -0.4 is 5.32 Å². The number of rotatable bonds is 1. The van der Waals surface area contributed by atoms with E-state index >= 15 is 0 Å². The Morgan fingerprint density at radius 3 is 2.78 bits per heavy atom. The van der Waals surface area contributed by atoms with E-state index in [1.807, 2.05) is 12.2 Å². The third-order valence-corrected chi connectivity index (χ3v) is 4.11. The summed E-state index contributed by atoms with van der Waals surface area (Å²) in [6.45, 7) is 0. The highest BCUT2D eigenvalue weighted by Gasteiger charge is 2.40. The molecule has 1 saturated heterocycles. The molecule has 0 saturated carbocycles. The quantitative estimate of drug-likeness (QED) is 0.742. The van der Waals surface area contributed by atoms with Gasteiger partial charge < -0.3 is 10.4 Å². The largest absolute Gasteiger partial charge is 0.481 e. The highest BCUT2D eigenvalue weighted by molar-refractivity contribution is 5.70. The maximum Gasteiger partial charge on any atom is 0.306 e. The summed E-state index contributed by atoms with van der Waals surface area (Å²) in [6, 6.07) is 0.301. The summed E-state index contributed by atoms with van der Waals surface area (Å²) in [5.41, 5.74) is 1.23. The van der Waals surface area contributed by atoms with Gasteiger partial charge in [-0.05, 0) is 12.8 Å². The minimum absolute atomic E-state index is 0.224. The van der Waals surface area contributed by atoms with Crippen LogP contribution in [0.4, 0.5) is 0 Å². The van der Waals surface area contributed by atoms with Crippen LogP contribution in [0.25, 0.3) is 0 Å². The molecule has 18 heavy (non-hydrogen) atoms. The van der Waals surface area contributed by atoms with Crippen LogP contribution in [-0.4, -0.2) is 17.1 Å². The fourth-order valence-corrected chi connectivity index (χ4v) is 3.16. The topological polar surface area (TPSA) is 49.3 Å². The molecule has 0 bridgehead atoms. The number of aliphatic carboxylic acids is 1. The van der Waals surface area contributed by atoms with Crippen molar-refractivity contribution in [3.05, 3.63) is 48.2 Å². The number of fused-ring (bicyclic) bond motifs is 3. The molecule has 0 aromatic heterocycles. The summed E-state index contributed by atoms with van der Waals surface area (Å²) in [5, 5.41) is 12.7. The molecule has 0 amide bonds. The normalized spacial score (nSPS) is 42.3. The molecular weight excluding hydrogens is 226 g/mol. The Bertz CT molecular complexity index is 473. The van der Waals surface area contributed by atoms with Crippen molar-refractivity contribution in [2.45, 2.75) is 18.9 Å². The Balaban J connectivity index is 1.88. The van der Waals surface area contributed by atoms with Crippen LogP contribution in [0.1, 0.15) is 12.8 Å². The number of hydrogen-bond donors (Lipinski definition) is 2. The Morgan fingerprint density at radius 1 is 1.22 bits per heavy atom. The summed E-state index contributed by atoms with van der Waals surface area (Å²) in [4.78, 5) is 11.1. The third-order valence-electron chi connectivity index (χ3n) is 4.11. The van der Waals surface area contributed by atoms with Crippen molar-refractivity contribution in [3.8, 4) is 0 Å². The molecule has 1 fully saturated rings. The van der Waals surface area contributed by atoms with E-state index in [4.69, 9.17) is 5.11 Å². The zero-order valence-electron chi connectivity index (χ0n) is 10.1. The Morgan fingerprint density at radius 2 is 2.00 bits per heavy atom. The molecule has 3 rings (SSSR count). The Hall–Kier alpha value is -1.77. The molecule has 3 heteroatoms. The van der Waals surface area contributed by atoms with E-state index < -0.39 is 5.97 Å². The average molecular weight is 243 g/mol. The summed E-state index contributed by atoms with van der Waals surface area (Å²) in [7, 11) is 0. The van der Waals surface area contributed by atoms with Gasteiger partial charge in [-0.1, -0.05) is 42.5 Å². The fraction of sp³-hybridized carbons (Fsp3) is 0.400. The maximum atomic E-state index is 11.1. The van der Waals surface area contributed by atoms with Crippen LogP contribution in [-0.2, 0) is 4.79 Å². The molecule has 3 aliphatic rings. The third kappa shape index (κ3) is 1.90. The van der Waals surface area contributed by atoms with Gasteiger partial charge in [-0.2, -0.15) is 0 Å². The molecule has 1 aliphatic heterocycles. The van der Waals surface area contributed by atoms with Gasteiger partial charge in [0.15, 0.2) is 0 Å². The second-order valence-corrected chi connectivity index (χ2v) is 5.17. The summed E-state index contributed by atoms with van der Waals surface area (Å²) >= 11 is 0. The highest BCUT2D eigenvalue weighted by atomic mass is 16.4. The van der Waals surface area contributed by atoms with Gasteiger partial charge in [-0.25, -0.2) is 0 Å². The first-order valence-electron chi connectivity index (χ1n) is 6.47. The van der Waals surface area contributed by atoms with Crippen LogP contribution in [0, 0.1) is 17.8 Å². The van der Waals surface area contributed by atoms with Crippen molar-refractivity contribution < 1.29 is 9.90 Å². The van der Waals surface area contributed by atoms with E-state index in [2.05, 4.69) is 35.7 Å². The Labute approximate surface area is 107 Å². The summed E-state index contributed by atoms with van der Waals surface area (Å²) in [6.07, 6.45) is 16.0. The minimum Gasteiger partial charge on any atom is -0.481 e. The molecule has 2 N–H and O–H groups in total. The highest BCUT2D eigenvalue weighted by Crippen LogP contribution is 2.41. The lowest BCUT2D eigenvalue weighted by molar-refractivity contribution is -0.142. The molecule has 0 aromatic rings. The second kappa shape index (κ2) is 4.48. The zero-order valence-corrected chi connectivity index (χ0v) is 10.1. The van der Waals surface area contributed by atoms with Crippen molar-refractivity contribution in [1.82, 2.24) is 5.32 Å². The number of carboxylic acids is 1. The number of carboxylic acid groups (broad SMARTS) is 1. The first kappa shape index (κ1) is 11.3. The molecule has 94 valence electrons. The molecular formula is C15H17NO2. The molecule has 0 spiro atoms. The minimum atomic E-state index is -0.668. The smallest absolute Gasteiger partial charge is 0.306 e. The standard InChI is InChI=1S/C15H17NO2/c17-15(18)10-7-8-14-12(9-10)11-5-3-1-2-4-6-13(11)16-14/h1-6,8,10-13,16H,7,9H2,(H,17,18)/b2-1-,5-3-,6-4-. The average Bonchev–Trinajstić information content (AvgIpc) is 2.65. The van der Waals surface area contributed by atoms with Crippen LogP contribution in [0.5, 0.6) is 0 Å². The van der Waals surface area contributed by atoms with E-state index in [9.17, 15) is 4.79 Å². The van der Waals surface area contributed by atoms with Crippen molar-refractivity contribution in [3.63, 3.8) is 0 Å². The fourth-order valence-electron chi connectivity index (χ4n) is 3.16. The van der Waals surface area contributed by atoms with Crippen LogP contribution >= 0.6 is 0 Å². The lowest BCUT2D eigenvalue weighted by atomic mass is 9.77. The maximum absolute atomic E-state index is 11.1.